The van der Waals surface area contributed by atoms with Gasteiger partial charge in [0.05, 0.1) is 17.1 Å². The third kappa shape index (κ3) is 3.77. The fourth-order valence-electron chi connectivity index (χ4n) is 3.82. The van der Waals surface area contributed by atoms with Gasteiger partial charge >= 0.3 is 0 Å². The lowest BCUT2D eigenvalue weighted by molar-refractivity contribution is -0.124. The van der Waals surface area contributed by atoms with E-state index in [1.54, 1.807) is 34.2 Å². The summed E-state index contributed by atoms with van der Waals surface area (Å²) < 4.78 is 26.5. The van der Waals surface area contributed by atoms with Crippen molar-refractivity contribution < 1.29 is 13.2 Å². The Morgan fingerprint density at radius 1 is 1.10 bits per heavy atom. The first-order valence-corrected chi connectivity index (χ1v) is 11.6. The number of hydrogen-bond acceptors (Lipinski definition) is 5. The predicted octanol–water partition coefficient (Wildman–Crippen LogP) is 3.76. The molecule has 0 bridgehead atoms. The van der Waals surface area contributed by atoms with Gasteiger partial charge < -0.3 is 4.90 Å². The maximum absolute atomic E-state index is 13.3. The lowest BCUT2D eigenvalue weighted by Crippen LogP contribution is -2.45. The Kier molecular flexibility index (Phi) is 5.47. The highest BCUT2D eigenvalue weighted by atomic mass is 32.2. The quantitative estimate of drug-likeness (QED) is 0.751. The normalized spacial score (nSPS) is 17.8. The Morgan fingerprint density at radius 2 is 1.80 bits per heavy atom. The fraction of sp³-hybridized carbons (Fsp3) is 0.304. The van der Waals surface area contributed by atoms with Gasteiger partial charge in [-0.1, -0.05) is 43.0 Å². The molecule has 4 rings (SSSR count). The SMILES string of the molecule is C=Cc1ccc(CN2N=C(C(=O)N3CCCCC3)S(=O)(=O)c3ccc(C)cc32)cc1. The molecule has 0 radical (unpaired) electrons. The minimum atomic E-state index is -3.98. The number of sulfone groups is 1. The molecule has 0 spiro atoms. The smallest absolute Gasteiger partial charge is 0.286 e. The molecule has 0 N–H and O–H groups in total. The molecule has 2 aromatic carbocycles. The van der Waals surface area contributed by atoms with E-state index in [9.17, 15) is 13.2 Å². The maximum Gasteiger partial charge on any atom is 0.286 e. The Hall–Kier alpha value is -2.93. The molecule has 1 fully saturated rings. The van der Waals surface area contributed by atoms with E-state index in [2.05, 4.69) is 11.7 Å². The molecule has 30 heavy (non-hydrogen) atoms. The van der Waals surface area contributed by atoms with Gasteiger partial charge in [-0.15, -0.1) is 0 Å². The van der Waals surface area contributed by atoms with Gasteiger partial charge in [0.15, 0.2) is 0 Å². The highest BCUT2D eigenvalue weighted by molar-refractivity contribution is 8.08. The van der Waals surface area contributed by atoms with Crippen molar-refractivity contribution in [3.8, 4) is 0 Å². The van der Waals surface area contributed by atoms with Crippen molar-refractivity contribution in [2.24, 2.45) is 5.10 Å². The van der Waals surface area contributed by atoms with Crippen molar-refractivity contribution in [1.29, 1.82) is 0 Å². The summed E-state index contributed by atoms with van der Waals surface area (Å²) in [6.07, 6.45) is 4.59. The van der Waals surface area contributed by atoms with Gasteiger partial charge in [0.25, 0.3) is 5.91 Å². The van der Waals surface area contributed by atoms with E-state index < -0.39 is 15.7 Å². The van der Waals surface area contributed by atoms with E-state index in [0.29, 0.717) is 25.3 Å². The van der Waals surface area contributed by atoms with Crippen LogP contribution in [-0.4, -0.2) is 37.4 Å². The Morgan fingerprint density at radius 3 is 2.47 bits per heavy atom. The minimum Gasteiger partial charge on any atom is -0.337 e. The summed E-state index contributed by atoms with van der Waals surface area (Å²) in [6, 6.07) is 12.9. The third-order valence-electron chi connectivity index (χ3n) is 5.52. The van der Waals surface area contributed by atoms with E-state index >= 15 is 0 Å². The van der Waals surface area contributed by atoms with Crippen LogP contribution in [0.15, 0.2) is 59.0 Å². The number of fused-ring (bicyclic) bond motifs is 1. The van der Waals surface area contributed by atoms with Crippen molar-refractivity contribution in [2.45, 2.75) is 37.6 Å². The van der Waals surface area contributed by atoms with Crippen molar-refractivity contribution in [1.82, 2.24) is 4.90 Å². The lowest BCUT2D eigenvalue weighted by atomic mass is 10.1. The van der Waals surface area contributed by atoms with Gasteiger partial charge in [-0.25, -0.2) is 8.42 Å². The second-order valence-corrected chi connectivity index (χ2v) is 9.57. The molecule has 0 saturated carbocycles. The first-order chi connectivity index (χ1) is 14.4. The molecule has 0 unspecified atom stereocenters. The van der Waals surface area contributed by atoms with Crippen LogP contribution in [0.4, 0.5) is 5.69 Å². The highest BCUT2D eigenvalue weighted by Crippen LogP contribution is 2.34. The largest absolute Gasteiger partial charge is 0.337 e. The van der Waals surface area contributed by atoms with E-state index in [-0.39, 0.29) is 9.94 Å². The van der Waals surface area contributed by atoms with Crippen LogP contribution in [0, 0.1) is 6.92 Å². The number of amides is 1. The molecule has 2 aromatic rings. The number of anilines is 1. The van der Waals surface area contributed by atoms with Crippen molar-refractivity contribution in [3.05, 3.63) is 65.7 Å². The van der Waals surface area contributed by atoms with Crippen molar-refractivity contribution in [3.63, 3.8) is 0 Å². The van der Waals surface area contributed by atoms with Crippen LogP contribution in [0.5, 0.6) is 0 Å². The predicted molar refractivity (Wildman–Crippen MR) is 119 cm³/mol. The number of piperidine rings is 1. The molecular formula is C23H25N3O3S. The molecule has 1 amide bonds. The van der Waals surface area contributed by atoms with Crippen LogP contribution in [0.2, 0.25) is 0 Å². The zero-order valence-electron chi connectivity index (χ0n) is 17.0. The molecule has 0 aliphatic carbocycles. The zero-order valence-corrected chi connectivity index (χ0v) is 17.9. The number of hydrogen-bond donors (Lipinski definition) is 0. The molecule has 6 nitrogen and oxygen atoms in total. The number of nitrogens with zero attached hydrogens (tertiary/aromatic N) is 3. The van der Waals surface area contributed by atoms with Crippen molar-refractivity contribution >= 4 is 32.6 Å². The number of benzene rings is 2. The van der Waals surface area contributed by atoms with E-state index in [4.69, 9.17) is 0 Å². The summed E-state index contributed by atoms with van der Waals surface area (Å²) in [7, 11) is -3.98. The molecule has 1 saturated heterocycles. The van der Waals surface area contributed by atoms with E-state index in [1.807, 2.05) is 31.2 Å². The van der Waals surface area contributed by atoms with Gasteiger partial charge in [-0.2, -0.15) is 5.10 Å². The molecule has 7 heteroatoms. The van der Waals surface area contributed by atoms with Gasteiger partial charge in [0.2, 0.25) is 14.9 Å². The Balaban J connectivity index is 1.76. The lowest BCUT2D eigenvalue weighted by Gasteiger charge is -2.31. The third-order valence-corrected chi connectivity index (χ3v) is 7.21. The first kappa shape index (κ1) is 20.3. The summed E-state index contributed by atoms with van der Waals surface area (Å²) in [6.45, 7) is 7.16. The maximum atomic E-state index is 13.3. The average Bonchev–Trinajstić information content (AvgIpc) is 2.76. The molecule has 2 heterocycles. The fourth-order valence-corrected chi connectivity index (χ4v) is 5.28. The average molecular weight is 424 g/mol. The molecule has 0 aromatic heterocycles. The van der Waals surface area contributed by atoms with E-state index in [0.717, 1.165) is 36.0 Å². The number of hydrazone groups is 1. The van der Waals surface area contributed by atoms with Gasteiger partial charge in [-0.3, -0.25) is 9.80 Å². The Bertz CT molecular complexity index is 1110. The van der Waals surface area contributed by atoms with Crippen LogP contribution in [-0.2, 0) is 21.2 Å². The first-order valence-electron chi connectivity index (χ1n) is 10.1. The zero-order chi connectivity index (χ0) is 21.3. The summed E-state index contributed by atoms with van der Waals surface area (Å²) in [5, 5.41) is 5.62. The molecule has 2 aliphatic heterocycles. The Labute approximate surface area is 177 Å². The number of aryl methyl sites for hydroxylation is 1. The second kappa shape index (κ2) is 8.07. The summed E-state index contributed by atoms with van der Waals surface area (Å²) in [5.41, 5.74) is 3.39. The van der Waals surface area contributed by atoms with Crippen molar-refractivity contribution in [2.75, 3.05) is 18.1 Å². The van der Waals surface area contributed by atoms with Crippen LogP contribution >= 0.6 is 0 Å². The molecular weight excluding hydrogens is 398 g/mol. The number of carbonyl (C=O) groups is 1. The molecule has 0 atom stereocenters. The van der Waals surface area contributed by atoms with Gasteiger partial charge in [0.1, 0.15) is 0 Å². The second-order valence-electron chi connectivity index (χ2n) is 7.74. The monoisotopic (exact) mass is 423 g/mol. The number of likely N-dealkylation sites (tertiary alicyclic amines) is 1. The van der Waals surface area contributed by atoms with E-state index in [1.165, 1.54) is 0 Å². The summed E-state index contributed by atoms with van der Waals surface area (Å²) in [4.78, 5) is 14.8. The topological polar surface area (TPSA) is 70.1 Å². The van der Waals surface area contributed by atoms with Crippen LogP contribution in [0.25, 0.3) is 6.08 Å². The van der Waals surface area contributed by atoms with Crippen LogP contribution < -0.4 is 5.01 Å². The summed E-state index contributed by atoms with van der Waals surface area (Å²) in [5.74, 6) is -0.507. The highest BCUT2D eigenvalue weighted by Gasteiger charge is 2.39. The summed E-state index contributed by atoms with van der Waals surface area (Å²) >= 11 is 0. The number of rotatable bonds is 4. The van der Waals surface area contributed by atoms with Crippen LogP contribution in [0.1, 0.15) is 36.0 Å². The minimum absolute atomic E-state index is 0.131. The molecule has 156 valence electrons. The standard InChI is InChI=1S/C23H25N3O3S/c1-3-18-8-10-19(11-9-18)16-26-20-15-17(2)7-12-21(20)30(28,29)22(24-26)23(27)25-13-5-4-6-14-25/h3,7-12,15H,1,4-6,13-14,16H2,2H3. The van der Waals surface area contributed by atoms with Crippen LogP contribution in [0.3, 0.4) is 0 Å². The molecule has 2 aliphatic rings. The van der Waals surface area contributed by atoms with Gasteiger partial charge in [-0.05, 0) is 55.0 Å². The van der Waals surface area contributed by atoms with Gasteiger partial charge in [0, 0.05) is 13.1 Å². The number of carbonyl (C=O) groups excluding carboxylic acids is 1.